The summed E-state index contributed by atoms with van der Waals surface area (Å²) in [4.78, 5) is 30.2. The lowest BCUT2D eigenvalue weighted by atomic mass is 10.3. The van der Waals surface area contributed by atoms with Crippen LogP contribution >= 0.6 is 23.2 Å². The fraction of sp³-hybridized carbons (Fsp3) is 0.211. The van der Waals surface area contributed by atoms with E-state index in [-0.39, 0.29) is 28.1 Å². The van der Waals surface area contributed by atoms with Gasteiger partial charge in [-0.2, -0.15) is 4.98 Å². The number of rotatable bonds is 5. The number of amides is 1. The van der Waals surface area contributed by atoms with Crippen LogP contribution in [0.5, 0.6) is 17.5 Å². The van der Waals surface area contributed by atoms with Gasteiger partial charge in [-0.15, -0.1) is 0 Å². The molecule has 3 aromatic heterocycles. The number of fused-ring (bicyclic) bond motifs is 1. The summed E-state index contributed by atoms with van der Waals surface area (Å²) in [5.74, 6) is 0.877. The van der Waals surface area contributed by atoms with E-state index in [1.165, 1.54) is 24.7 Å². The first-order valence-corrected chi connectivity index (χ1v) is 9.47. The Morgan fingerprint density at radius 3 is 2.93 bits per heavy atom. The van der Waals surface area contributed by atoms with Gasteiger partial charge in [0.2, 0.25) is 17.7 Å². The topological polar surface area (TPSA) is 90.3 Å². The summed E-state index contributed by atoms with van der Waals surface area (Å²) in [5.41, 5.74) is 1.01. The second-order valence-electron chi connectivity index (χ2n) is 6.26. The number of halogens is 2. The maximum Gasteiger partial charge on any atom is 0.249 e. The fourth-order valence-electron chi connectivity index (χ4n) is 2.94. The molecule has 8 nitrogen and oxygen atoms in total. The molecule has 1 unspecified atom stereocenters. The van der Waals surface area contributed by atoms with E-state index in [2.05, 4.69) is 26.5 Å². The second kappa shape index (κ2) is 8.18. The van der Waals surface area contributed by atoms with Crippen molar-refractivity contribution in [3.63, 3.8) is 0 Å². The van der Waals surface area contributed by atoms with Gasteiger partial charge in [0.25, 0.3) is 0 Å². The third-order valence-corrected chi connectivity index (χ3v) is 5.01. The Morgan fingerprint density at radius 2 is 2.14 bits per heavy atom. The predicted octanol–water partition coefficient (Wildman–Crippen LogP) is 3.68. The predicted molar refractivity (Wildman–Crippen MR) is 107 cm³/mol. The molecule has 0 aromatic carbocycles. The third-order valence-electron chi connectivity index (χ3n) is 4.33. The van der Waals surface area contributed by atoms with E-state index in [1.54, 1.807) is 17.0 Å². The maximum atomic E-state index is 11.7. The molecule has 4 rings (SSSR count). The van der Waals surface area contributed by atoms with Crippen LogP contribution in [0, 0.1) is 0 Å². The smallest absolute Gasteiger partial charge is 0.249 e. The van der Waals surface area contributed by atoms with Gasteiger partial charge in [0.05, 0.1) is 23.3 Å². The van der Waals surface area contributed by atoms with Gasteiger partial charge in [-0.05, 0) is 12.1 Å². The SMILES string of the molecule is C=CC(=O)N1CCC(Oc2ccc3ncnc(Oc4cnc(Cl)c(Cl)c4)c3n2)C1. The first-order valence-electron chi connectivity index (χ1n) is 8.72. The molecule has 4 heterocycles. The Bertz CT molecular complexity index is 1090. The van der Waals surface area contributed by atoms with Crippen molar-refractivity contribution in [2.75, 3.05) is 13.1 Å². The van der Waals surface area contributed by atoms with Crippen molar-refractivity contribution in [3.8, 4) is 17.5 Å². The number of aromatic nitrogens is 4. The Balaban J connectivity index is 1.57. The summed E-state index contributed by atoms with van der Waals surface area (Å²) in [6.07, 6.45) is 4.67. The molecule has 1 amide bonds. The average Bonchev–Trinajstić information content (AvgIpc) is 3.19. The number of pyridine rings is 2. The molecule has 0 saturated carbocycles. The first kappa shape index (κ1) is 19.4. The van der Waals surface area contributed by atoms with Gasteiger partial charge >= 0.3 is 0 Å². The van der Waals surface area contributed by atoms with Gasteiger partial charge in [-0.1, -0.05) is 29.8 Å². The highest BCUT2D eigenvalue weighted by atomic mass is 35.5. The summed E-state index contributed by atoms with van der Waals surface area (Å²) in [5, 5.41) is 0.445. The Hall–Kier alpha value is -2.97. The number of nitrogens with zero attached hydrogens (tertiary/aromatic N) is 5. The van der Waals surface area contributed by atoms with Crippen molar-refractivity contribution in [1.29, 1.82) is 0 Å². The minimum atomic E-state index is -0.155. The largest absolute Gasteiger partial charge is 0.472 e. The number of hydrogen-bond acceptors (Lipinski definition) is 7. The summed E-state index contributed by atoms with van der Waals surface area (Å²) < 4.78 is 11.7. The molecule has 1 fully saturated rings. The lowest BCUT2D eigenvalue weighted by Gasteiger charge is -2.15. The van der Waals surface area contributed by atoms with E-state index in [1.807, 2.05) is 0 Å². The van der Waals surface area contributed by atoms with Gasteiger partial charge in [-0.3, -0.25) is 4.79 Å². The minimum Gasteiger partial charge on any atom is -0.472 e. The van der Waals surface area contributed by atoms with Crippen molar-refractivity contribution >= 4 is 40.1 Å². The van der Waals surface area contributed by atoms with Gasteiger partial charge in [0.15, 0.2) is 5.52 Å². The normalized spacial score (nSPS) is 16.1. The third kappa shape index (κ3) is 4.23. The summed E-state index contributed by atoms with van der Waals surface area (Å²) in [7, 11) is 0. The number of ether oxygens (including phenoxy) is 2. The first-order chi connectivity index (χ1) is 14.0. The average molecular weight is 432 g/mol. The molecule has 3 aromatic rings. The van der Waals surface area contributed by atoms with E-state index < -0.39 is 0 Å². The van der Waals surface area contributed by atoms with Gasteiger partial charge in [0, 0.05) is 25.1 Å². The summed E-state index contributed by atoms with van der Waals surface area (Å²) in [6.45, 7) is 4.61. The lowest BCUT2D eigenvalue weighted by molar-refractivity contribution is -0.125. The Morgan fingerprint density at radius 1 is 1.28 bits per heavy atom. The molecule has 0 spiro atoms. The van der Waals surface area contributed by atoms with Gasteiger partial charge in [0.1, 0.15) is 23.3 Å². The van der Waals surface area contributed by atoms with Gasteiger partial charge in [-0.25, -0.2) is 15.0 Å². The van der Waals surface area contributed by atoms with Crippen molar-refractivity contribution in [1.82, 2.24) is 24.8 Å². The Labute approximate surface area is 176 Å². The second-order valence-corrected chi connectivity index (χ2v) is 7.02. The number of carbonyl (C=O) groups excluding carboxylic acids is 1. The zero-order chi connectivity index (χ0) is 20.4. The molecule has 1 atom stereocenters. The molecule has 1 aliphatic rings. The van der Waals surface area contributed by atoms with E-state index in [0.717, 1.165) is 0 Å². The van der Waals surface area contributed by atoms with E-state index >= 15 is 0 Å². The van der Waals surface area contributed by atoms with Crippen LogP contribution in [0.15, 0.2) is 43.4 Å². The van der Waals surface area contributed by atoms with Crippen LogP contribution in [0.4, 0.5) is 0 Å². The molecule has 0 N–H and O–H groups in total. The minimum absolute atomic E-state index is 0.109. The molecule has 0 bridgehead atoms. The lowest BCUT2D eigenvalue weighted by Crippen LogP contribution is -2.29. The molecule has 0 aliphatic carbocycles. The van der Waals surface area contributed by atoms with Crippen LogP contribution in [-0.2, 0) is 4.79 Å². The van der Waals surface area contributed by atoms with Crippen LogP contribution in [0.1, 0.15) is 6.42 Å². The summed E-state index contributed by atoms with van der Waals surface area (Å²) >= 11 is 11.8. The van der Waals surface area contributed by atoms with Crippen molar-refractivity contribution in [2.24, 2.45) is 0 Å². The quantitative estimate of drug-likeness (QED) is 0.449. The summed E-state index contributed by atoms with van der Waals surface area (Å²) in [6, 6.07) is 5.02. The highest BCUT2D eigenvalue weighted by Gasteiger charge is 2.26. The van der Waals surface area contributed by atoms with E-state index in [0.29, 0.717) is 42.2 Å². The van der Waals surface area contributed by atoms with Crippen molar-refractivity contribution < 1.29 is 14.3 Å². The number of carbonyl (C=O) groups is 1. The van der Waals surface area contributed by atoms with Crippen LogP contribution in [0.3, 0.4) is 0 Å². The monoisotopic (exact) mass is 431 g/mol. The van der Waals surface area contributed by atoms with Crippen molar-refractivity contribution in [2.45, 2.75) is 12.5 Å². The highest BCUT2D eigenvalue weighted by molar-refractivity contribution is 6.41. The molecule has 29 heavy (non-hydrogen) atoms. The molecular weight excluding hydrogens is 417 g/mol. The number of likely N-dealkylation sites (tertiary alicyclic amines) is 1. The molecule has 10 heteroatoms. The Kier molecular flexibility index (Phi) is 5.46. The van der Waals surface area contributed by atoms with Crippen LogP contribution in [0.2, 0.25) is 10.2 Å². The zero-order valence-electron chi connectivity index (χ0n) is 15.1. The van der Waals surface area contributed by atoms with Crippen LogP contribution in [-0.4, -0.2) is 49.9 Å². The van der Waals surface area contributed by atoms with Gasteiger partial charge < -0.3 is 14.4 Å². The number of hydrogen-bond donors (Lipinski definition) is 0. The van der Waals surface area contributed by atoms with Crippen LogP contribution in [0.25, 0.3) is 11.0 Å². The molecule has 1 saturated heterocycles. The zero-order valence-corrected chi connectivity index (χ0v) is 16.6. The molecular formula is C19H15Cl2N5O3. The highest BCUT2D eigenvalue weighted by Crippen LogP contribution is 2.30. The molecule has 148 valence electrons. The fourth-order valence-corrected chi connectivity index (χ4v) is 3.20. The molecule has 0 radical (unpaired) electrons. The van der Waals surface area contributed by atoms with Crippen molar-refractivity contribution in [3.05, 3.63) is 53.6 Å². The van der Waals surface area contributed by atoms with E-state index in [4.69, 9.17) is 32.7 Å². The van der Waals surface area contributed by atoms with E-state index in [9.17, 15) is 4.79 Å². The molecule has 1 aliphatic heterocycles. The maximum absolute atomic E-state index is 11.7. The van der Waals surface area contributed by atoms with Crippen LogP contribution < -0.4 is 9.47 Å². The standard InChI is InChI=1S/C19H15Cl2N5O3/c1-2-16(27)26-6-5-11(9-26)28-15-4-3-14-17(25-15)19(24-10-23-14)29-12-7-13(20)18(21)22-8-12/h2-4,7-8,10-11H,1,5-6,9H2.